The third-order valence-electron chi connectivity index (χ3n) is 7.96. The molecule has 2 fully saturated rings. The molecule has 0 bridgehead atoms. The van der Waals surface area contributed by atoms with Crippen LogP contribution in [0.1, 0.15) is 67.3 Å². The molecule has 1 aliphatic heterocycles. The molecule has 1 saturated carbocycles. The Morgan fingerprint density at radius 1 is 0.977 bits per heavy atom. The Morgan fingerprint density at radius 2 is 1.65 bits per heavy atom. The lowest BCUT2D eigenvalue weighted by Crippen LogP contribution is -2.39. The van der Waals surface area contributed by atoms with Gasteiger partial charge in [-0.3, -0.25) is 10.2 Å². The number of ether oxygens (including phenoxy) is 2. The lowest BCUT2D eigenvalue weighted by molar-refractivity contribution is -0.117. The van der Waals surface area contributed by atoms with E-state index in [0.717, 1.165) is 61.6 Å². The summed E-state index contributed by atoms with van der Waals surface area (Å²) >= 11 is 3.47. The summed E-state index contributed by atoms with van der Waals surface area (Å²) in [7, 11) is 1.42. The van der Waals surface area contributed by atoms with Crippen LogP contribution in [0.15, 0.2) is 65.1 Å². The molecule has 2 N–H and O–H groups in total. The van der Waals surface area contributed by atoms with Crippen molar-refractivity contribution >= 4 is 57.3 Å². The predicted molar refractivity (Wildman–Crippen MR) is 176 cm³/mol. The molecule has 3 aromatic carbocycles. The maximum absolute atomic E-state index is 14.1. The number of amides is 1. The summed E-state index contributed by atoms with van der Waals surface area (Å²) in [6.07, 6.45) is 9.57. The maximum atomic E-state index is 14.1. The Kier molecular flexibility index (Phi) is 11.6. The van der Waals surface area contributed by atoms with Crippen molar-refractivity contribution < 1.29 is 24.2 Å². The number of carbonyl (C=O) groups excluding carboxylic acids is 1. The van der Waals surface area contributed by atoms with Gasteiger partial charge >= 0.3 is 5.97 Å². The van der Waals surface area contributed by atoms with E-state index < -0.39 is 5.97 Å². The number of carbonyl (C=O) groups is 2. The fourth-order valence-corrected chi connectivity index (χ4v) is 6.22. The second kappa shape index (κ2) is 15.3. The molecule has 8 nitrogen and oxygen atoms in total. The van der Waals surface area contributed by atoms with E-state index in [1.54, 1.807) is 11.1 Å². The van der Waals surface area contributed by atoms with Crippen LogP contribution in [-0.2, 0) is 11.2 Å². The summed E-state index contributed by atoms with van der Waals surface area (Å²) in [4.78, 5) is 28.1. The average molecular weight is 673 g/mol. The van der Waals surface area contributed by atoms with E-state index in [9.17, 15) is 14.7 Å². The second-order valence-electron chi connectivity index (χ2n) is 10.9. The van der Waals surface area contributed by atoms with Crippen LogP contribution in [0, 0.1) is 0 Å². The van der Waals surface area contributed by atoms with E-state index in [0.29, 0.717) is 10.0 Å². The molecule has 1 saturated heterocycles. The van der Waals surface area contributed by atoms with E-state index in [1.165, 1.54) is 38.9 Å². The number of nitrogens with zero attached hydrogens (tertiary/aromatic N) is 2. The van der Waals surface area contributed by atoms with Gasteiger partial charge in [-0.1, -0.05) is 34.5 Å². The van der Waals surface area contributed by atoms with E-state index in [-0.39, 0.29) is 42.2 Å². The highest BCUT2D eigenvalue weighted by Gasteiger charge is 2.25. The van der Waals surface area contributed by atoms with Gasteiger partial charge in [-0.05, 0) is 99.0 Å². The zero-order valence-electron chi connectivity index (χ0n) is 24.4. The molecule has 5 rings (SSSR count). The molecule has 0 radical (unpaired) electrons. The maximum Gasteiger partial charge on any atom is 0.339 e. The number of carboxylic acid groups (broad SMARTS) is 1. The first-order valence-corrected chi connectivity index (χ1v) is 15.5. The van der Waals surface area contributed by atoms with Gasteiger partial charge in [-0.25, -0.2) is 9.80 Å². The summed E-state index contributed by atoms with van der Waals surface area (Å²) in [6, 6.07) is 18.8. The number of anilines is 3. The average Bonchev–Trinajstić information content (AvgIpc) is 3.02. The van der Waals surface area contributed by atoms with Crippen molar-refractivity contribution in [2.24, 2.45) is 0 Å². The van der Waals surface area contributed by atoms with Crippen molar-refractivity contribution in [2.75, 3.05) is 35.5 Å². The van der Waals surface area contributed by atoms with Gasteiger partial charge in [-0.2, -0.15) is 0 Å². The first-order valence-electron chi connectivity index (χ1n) is 14.7. The molecule has 1 heterocycles. The minimum absolute atomic E-state index is 0. The van der Waals surface area contributed by atoms with Crippen molar-refractivity contribution in [3.8, 4) is 11.5 Å². The van der Waals surface area contributed by atoms with Crippen LogP contribution >= 0.6 is 28.3 Å². The summed E-state index contributed by atoms with van der Waals surface area (Å²) in [5.41, 5.74) is 6.53. The second-order valence-corrected chi connectivity index (χ2v) is 11.8. The standard InChI is InChI=1S/C33H38BrN3O5.ClH/c1-41-31-20-23(28(34)22-27(31)33(39)40)21-32(38)37(30-13-7-6-12-29(30)36-18-8-3-9-19-36)35-24-14-16-26(17-15-24)42-25-10-4-2-5-11-25;/h6-7,12-17,20,22,25,35H,2-5,8-11,18-19,21H2,1H3,(H,39,40);1H. The number of hydrazine groups is 1. The van der Waals surface area contributed by atoms with Crippen molar-refractivity contribution in [3.63, 3.8) is 0 Å². The largest absolute Gasteiger partial charge is 0.496 e. The first kappa shape index (κ1) is 32.5. The van der Waals surface area contributed by atoms with Crippen molar-refractivity contribution in [3.05, 3.63) is 76.3 Å². The first-order chi connectivity index (χ1) is 20.4. The molecule has 3 aromatic rings. The van der Waals surface area contributed by atoms with Crippen LogP contribution in [-0.4, -0.2) is 43.3 Å². The molecule has 0 atom stereocenters. The Morgan fingerprint density at radius 3 is 2.33 bits per heavy atom. The lowest BCUT2D eigenvalue weighted by Gasteiger charge is -2.34. The van der Waals surface area contributed by atoms with Gasteiger partial charge in [0.15, 0.2) is 0 Å². The Labute approximate surface area is 267 Å². The van der Waals surface area contributed by atoms with Crippen LogP contribution in [0.25, 0.3) is 0 Å². The Bertz CT molecular complexity index is 1390. The van der Waals surface area contributed by atoms with Crippen LogP contribution in [0.3, 0.4) is 0 Å². The molecule has 2 aliphatic rings. The number of piperidine rings is 1. The number of methoxy groups -OCH3 is 1. The number of aromatic carboxylic acids is 1. The number of hydrogen-bond acceptors (Lipinski definition) is 6. The highest BCUT2D eigenvalue weighted by molar-refractivity contribution is 9.10. The molecular formula is C33H39BrClN3O5. The number of halogens is 2. The van der Waals surface area contributed by atoms with Gasteiger partial charge in [0.1, 0.15) is 17.1 Å². The third-order valence-corrected chi connectivity index (χ3v) is 8.70. The number of rotatable bonds is 10. The molecule has 0 spiro atoms. The van der Waals surface area contributed by atoms with Crippen molar-refractivity contribution in [1.29, 1.82) is 0 Å². The summed E-state index contributed by atoms with van der Waals surface area (Å²) in [5, 5.41) is 11.2. The van der Waals surface area contributed by atoms with E-state index in [1.807, 2.05) is 42.5 Å². The van der Waals surface area contributed by atoms with E-state index in [4.69, 9.17) is 9.47 Å². The fourth-order valence-electron chi connectivity index (χ4n) is 5.73. The number of carboxylic acids is 1. The smallest absolute Gasteiger partial charge is 0.339 e. The van der Waals surface area contributed by atoms with Crippen molar-refractivity contribution in [2.45, 2.75) is 63.9 Å². The number of hydrogen-bond donors (Lipinski definition) is 2. The number of para-hydroxylation sites is 2. The zero-order chi connectivity index (χ0) is 29.5. The molecule has 43 heavy (non-hydrogen) atoms. The summed E-state index contributed by atoms with van der Waals surface area (Å²) in [5.74, 6) is -0.267. The van der Waals surface area contributed by atoms with Gasteiger partial charge < -0.3 is 19.5 Å². The number of nitrogens with one attached hydrogen (secondary N) is 1. The van der Waals surface area contributed by atoms with Crippen LogP contribution in [0.5, 0.6) is 11.5 Å². The Balaban J connectivity index is 0.00000423. The van der Waals surface area contributed by atoms with Gasteiger partial charge in [0, 0.05) is 17.6 Å². The van der Waals surface area contributed by atoms with Gasteiger partial charge in [0.25, 0.3) is 0 Å². The molecule has 0 aromatic heterocycles. The summed E-state index contributed by atoms with van der Waals surface area (Å²) in [6.45, 7) is 1.87. The molecule has 10 heteroatoms. The monoisotopic (exact) mass is 671 g/mol. The van der Waals surface area contributed by atoms with Gasteiger partial charge in [0.05, 0.1) is 36.7 Å². The van der Waals surface area contributed by atoms with E-state index >= 15 is 0 Å². The van der Waals surface area contributed by atoms with Crippen LogP contribution < -0.4 is 24.8 Å². The Hall–Kier alpha value is -3.43. The minimum atomic E-state index is -1.10. The normalized spacial score (nSPS) is 15.3. The van der Waals surface area contributed by atoms with Crippen molar-refractivity contribution in [1.82, 2.24) is 0 Å². The van der Waals surface area contributed by atoms with Crippen LogP contribution in [0.4, 0.5) is 17.1 Å². The zero-order valence-corrected chi connectivity index (χ0v) is 26.8. The molecule has 1 amide bonds. The highest BCUT2D eigenvalue weighted by Crippen LogP contribution is 2.34. The van der Waals surface area contributed by atoms with Gasteiger partial charge in [-0.15, -0.1) is 12.4 Å². The molecule has 0 unspecified atom stereocenters. The molecule has 1 aliphatic carbocycles. The topological polar surface area (TPSA) is 91.3 Å². The van der Waals surface area contributed by atoms with E-state index in [2.05, 4.69) is 32.3 Å². The summed E-state index contributed by atoms with van der Waals surface area (Å²) < 4.78 is 12.1. The van der Waals surface area contributed by atoms with Crippen LogP contribution in [0.2, 0.25) is 0 Å². The highest BCUT2D eigenvalue weighted by atomic mass is 79.9. The quantitative estimate of drug-likeness (QED) is 0.212. The van der Waals surface area contributed by atoms with Gasteiger partial charge in [0.2, 0.25) is 5.91 Å². The molecular weight excluding hydrogens is 634 g/mol. The fraction of sp³-hybridized carbons (Fsp3) is 0.394. The predicted octanol–water partition coefficient (Wildman–Crippen LogP) is 7.88. The third kappa shape index (κ3) is 8.15. The lowest BCUT2D eigenvalue weighted by atomic mass is 9.98. The molecule has 230 valence electrons. The minimum Gasteiger partial charge on any atom is -0.496 e. The SMILES string of the molecule is COc1cc(CC(=O)N(Nc2ccc(OC3CCCCC3)cc2)c2ccccc2N2CCCCC2)c(Br)cc1C(=O)O.Cl. The number of benzene rings is 3.